The largest absolute Gasteiger partial charge is 0.508 e. The average molecular weight is 309 g/mol. The molecule has 0 spiro atoms. The van der Waals surface area contributed by atoms with E-state index in [0.717, 1.165) is 11.4 Å². The number of fused-ring (bicyclic) bond motifs is 1. The van der Waals surface area contributed by atoms with Gasteiger partial charge in [-0.2, -0.15) is 0 Å². The molecule has 0 atom stereocenters. The summed E-state index contributed by atoms with van der Waals surface area (Å²) in [4.78, 5) is 15.3. The number of amides is 1. The second-order valence-electron chi connectivity index (χ2n) is 5.07. The van der Waals surface area contributed by atoms with Crippen LogP contribution in [0, 0.1) is 0 Å². The number of nitrogens with zero attached hydrogens (tertiary/aromatic N) is 1. The molecule has 0 aliphatic rings. The number of phenols is 2. The predicted molar refractivity (Wildman–Crippen MR) is 89.1 cm³/mol. The van der Waals surface area contributed by atoms with Crippen LogP contribution in [0.4, 0.5) is 17.1 Å². The maximum Gasteiger partial charge on any atom is 0.221 e. The summed E-state index contributed by atoms with van der Waals surface area (Å²) >= 11 is 0. The molecule has 6 nitrogen and oxygen atoms in total. The van der Waals surface area contributed by atoms with E-state index in [2.05, 4.69) is 15.6 Å². The lowest BCUT2D eigenvalue weighted by molar-refractivity contribution is -0.114. The molecular weight excluding hydrogens is 294 g/mol. The van der Waals surface area contributed by atoms with Gasteiger partial charge >= 0.3 is 0 Å². The lowest BCUT2D eigenvalue weighted by atomic mass is 10.1. The van der Waals surface area contributed by atoms with Crippen LogP contribution in [0.5, 0.6) is 11.5 Å². The minimum atomic E-state index is -0.266. The highest BCUT2D eigenvalue weighted by molar-refractivity contribution is 6.01. The number of benzene rings is 2. The average Bonchev–Trinajstić information content (AvgIpc) is 2.52. The molecule has 0 saturated heterocycles. The number of aromatic nitrogens is 1. The van der Waals surface area contributed by atoms with Gasteiger partial charge in [0.15, 0.2) is 5.75 Å². The van der Waals surface area contributed by atoms with Crippen molar-refractivity contribution in [1.29, 1.82) is 0 Å². The van der Waals surface area contributed by atoms with Crippen molar-refractivity contribution < 1.29 is 15.0 Å². The number of nitrogens with one attached hydrogen (secondary N) is 2. The molecule has 3 rings (SSSR count). The number of anilines is 3. The highest BCUT2D eigenvalue weighted by Gasteiger charge is 2.11. The third-order valence-electron chi connectivity index (χ3n) is 3.34. The minimum Gasteiger partial charge on any atom is -0.508 e. The van der Waals surface area contributed by atoms with Crippen LogP contribution in [0.3, 0.4) is 0 Å². The van der Waals surface area contributed by atoms with Crippen LogP contribution in [0.1, 0.15) is 6.92 Å². The third kappa shape index (κ3) is 3.01. The van der Waals surface area contributed by atoms with Gasteiger partial charge in [0.05, 0.1) is 5.69 Å². The summed E-state index contributed by atoms with van der Waals surface area (Å²) in [7, 11) is 0. The standard InChI is InChI=1S/C17H15N3O3/c1-10(21)19-15-7-6-13-14(8-9-18-16(13)17(15)23)20-11-2-4-12(22)5-3-11/h2-9,22-23H,1H3,(H,18,20)(H,19,21). The van der Waals surface area contributed by atoms with Gasteiger partial charge in [0.2, 0.25) is 5.91 Å². The number of phenolic OH excluding ortho intramolecular Hbond substituents is 2. The minimum absolute atomic E-state index is 0.0768. The van der Waals surface area contributed by atoms with E-state index in [-0.39, 0.29) is 17.4 Å². The molecule has 4 N–H and O–H groups in total. The molecule has 2 aromatic carbocycles. The van der Waals surface area contributed by atoms with Gasteiger partial charge in [-0.25, -0.2) is 0 Å². The van der Waals surface area contributed by atoms with Gasteiger partial charge in [0.1, 0.15) is 11.3 Å². The van der Waals surface area contributed by atoms with Crippen molar-refractivity contribution in [3.05, 3.63) is 48.7 Å². The Bertz CT molecular complexity index is 876. The molecule has 0 saturated carbocycles. The zero-order valence-electron chi connectivity index (χ0n) is 12.4. The van der Waals surface area contributed by atoms with E-state index in [9.17, 15) is 15.0 Å². The Morgan fingerprint density at radius 3 is 2.43 bits per heavy atom. The number of hydrogen-bond acceptors (Lipinski definition) is 5. The maximum atomic E-state index is 11.2. The Kier molecular flexibility index (Phi) is 3.72. The summed E-state index contributed by atoms with van der Waals surface area (Å²) in [5.74, 6) is -0.155. The van der Waals surface area contributed by atoms with Gasteiger partial charge < -0.3 is 20.8 Å². The van der Waals surface area contributed by atoms with Gasteiger partial charge in [-0.3, -0.25) is 9.78 Å². The number of aromatic hydroxyl groups is 2. The molecule has 1 amide bonds. The van der Waals surface area contributed by atoms with E-state index >= 15 is 0 Å². The van der Waals surface area contributed by atoms with E-state index in [4.69, 9.17) is 0 Å². The van der Waals surface area contributed by atoms with Crippen LogP contribution in [-0.4, -0.2) is 21.1 Å². The number of carbonyl (C=O) groups excluding carboxylic acids is 1. The fourth-order valence-corrected chi connectivity index (χ4v) is 2.30. The molecule has 6 heteroatoms. The van der Waals surface area contributed by atoms with Gasteiger partial charge in [-0.05, 0) is 42.5 Å². The Labute approximate surface area is 132 Å². The van der Waals surface area contributed by atoms with E-state index < -0.39 is 0 Å². The highest BCUT2D eigenvalue weighted by Crippen LogP contribution is 2.35. The van der Waals surface area contributed by atoms with Gasteiger partial charge in [0.25, 0.3) is 0 Å². The van der Waals surface area contributed by atoms with E-state index in [1.54, 1.807) is 48.7 Å². The molecule has 0 radical (unpaired) electrons. The summed E-state index contributed by atoms with van der Waals surface area (Å²) in [6, 6.07) is 11.8. The first-order valence-corrected chi connectivity index (χ1v) is 6.99. The zero-order valence-corrected chi connectivity index (χ0v) is 12.4. The normalized spacial score (nSPS) is 10.5. The molecule has 1 heterocycles. The molecule has 0 unspecified atom stereocenters. The van der Waals surface area contributed by atoms with Gasteiger partial charge in [-0.15, -0.1) is 0 Å². The Morgan fingerprint density at radius 2 is 1.74 bits per heavy atom. The predicted octanol–water partition coefficient (Wildman–Crippen LogP) is 3.35. The first-order valence-electron chi connectivity index (χ1n) is 6.99. The molecular formula is C17H15N3O3. The first-order chi connectivity index (χ1) is 11.0. The Morgan fingerprint density at radius 1 is 1.00 bits per heavy atom. The second kappa shape index (κ2) is 5.84. The molecule has 1 aromatic heterocycles. The smallest absolute Gasteiger partial charge is 0.221 e. The molecule has 23 heavy (non-hydrogen) atoms. The first kappa shape index (κ1) is 14.6. The van der Waals surface area contributed by atoms with Crippen molar-refractivity contribution >= 4 is 33.9 Å². The Hall–Kier alpha value is -3.28. The molecule has 3 aromatic rings. The Balaban J connectivity index is 2.03. The van der Waals surface area contributed by atoms with Crippen LogP contribution < -0.4 is 10.6 Å². The number of pyridine rings is 1. The second-order valence-corrected chi connectivity index (χ2v) is 5.07. The topological polar surface area (TPSA) is 94.5 Å². The summed E-state index contributed by atoms with van der Waals surface area (Å²) in [5.41, 5.74) is 2.26. The van der Waals surface area contributed by atoms with Crippen LogP contribution in [0.15, 0.2) is 48.7 Å². The summed E-state index contributed by atoms with van der Waals surface area (Å²) in [6.45, 7) is 1.37. The highest BCUT2D eigenvalue weighted by atomic mass is 16.3. The van der Waals surface area contributed by atoms with Crippen molar-refractivity contribution in [2.75, 3.05) is 10.6 Å². The molecule has 0 fully saturated rings. The molecule has 0 bridgehead atoms. The number of rotatable bonds is 3. The van der Waals surface area contributed by atoms with E-state index in [0.29, 0.717) is 16.6 Å². The lowest BCUT2D eigenvalue weighted by Crippen LogP contribution is -2.06. The van der Waals surface area contributed by atoms with E-state index in [1.807, 2.05) is 0 Å². The van der Waals surface area contributed by atoms with Crippen molar-refractivity contribution in [1.82, 2.24) is 4.98 Å². The van der Waals surface area contributed by atoms with E-state index in [1.165, 1.54) is 6.92 Å². The van der Waals surface area contributed by atoms with Gasteiger partial charge in [-0.1, -0.05) is 0 Å². The van der Waals surface area contributed by atoms with Crippen molar-refractivity contribution in [3.63, 3.8) is 0 Å². The summed E-state index contributed by atoms with van der Waals surface area (Å²) < 4.78 is 0. The number of hydrogen-bond donors (Lipinski definition) is 4. The molecule has 0 aliphatic heterocycles. The van der Waals surface area contributed by atoms with Crippen molar-refractivity contribution in [2.45, 2.75) is 6.92 Å². The number of carbonyl (C=O) groups is 1. The van der Waals surface area contributed by atoms with Crippen LogP contribution in [-0.2, 0) is 4.79 Å². The molecule has 0 aliphatic carbocycles. The monoisotopic (exact) mass is 309 g/mol. The van der Waals surface area contributed by atoms with Crippen molar-refractivity contribution in [3.8, 4) is 11.5 Å². The van der Waals surface area contributed by atoms with Crippen LogP contribution >= 0.6 is 0 Å². The van der Waals surface area contributed by atoms with Crippen molar-refractivity contribution in [2.24, 2.45) is 0 Å². The zero-order chi connectivity index (χ0) is 16.4. The lowest BCUT2D eigenvalue weighted by Gasteiger charge is -2.12. The van der Waals surface area contributed by atoms with Gasteiger partial charge in [0, 0.05) is 29.9 Å². The van der Waals surface area contributed by atoms with Crippen LogP contribution in [0.25, 0.3) is 10.9 Å². The fourth-order valence-electron chi connectivity index (χ4n) is 2.30. The quantitative estimate of drug-likeness (QED) is 0.440. The van der Waals surface area contributed by atoms with Crippen LogP contribution in [0.2, 0.25) is 0 Å². The SMILES string of the molecule is CC(=O)Nc1ccc2c(Nc3ccc(O)cc3)ccnc2c1O. The third-order valence-corrected chi connectivity index (χ3v) is 3.34. The summed E-state index contributed by atoms with van der Waals surface area (Å²) in [6.07, 6.45) is 1.57. The summed E-state index contributed by atoms with van der Waals surface area (Å²) in [5, 5.41) is 26.1. The fraction of sp³-hybridized carbons (Fsp3) is 0.0588. The molecule has 116 valence electrons. The maximum absolute atomic E-state index is 11.2.